The molecular weight excluding hydrogens is 326 g/mol. The molecule has 23 heavy (non-hydrogen) atoms. The average molecular weight is 345 g/mol. The van der Waals surface area contributed by atoms with Crippen LogP contribution in [-0.4, -0.2) is 22.5 Å². The number of thiazole rings is 1. The van der Waals surface area contributed by atoms with Crippen molar-refractivity contribution < 1.29 is 4.74 Å². The molecular formula is C17H19N3OS2. The van der Waals surface area contributed by atoms with Crippen LogP contribution in [0.25, 0.3) is 10.4 Å². The topological polar surface area (TPSA) is 60.5 Å². The molecule has 0 bridgehead atoms. The van der Waals surface area contributed by atoms with E-state index in [9.17, 15) is 0 Å². The third-order valence-corrected chi connectivity index (χ3v) is 6.64. The molecule has 1 aromatic carbocycles. The van der Waals surface area contributed by atoms with Crippen molar-refractivity contribution in [1.29, 1.82) is 0 Å². The van der Waals surface area contributed by atoms with Gasteiger partial charge < -0.3 is 10.5 Å². The van der Waals surface area contributed by atoms with E-state index in [0.717, 1.165) is 35.1 Å². The third kappa shape index (κ3) is 2.54. The maximum Gasteiger partial charge on any atom is 0.154 e. The molecule has 2 aromatic rings. The van der Waals surface area contributed by atoms with Gasteiger partial charge in [0.15, 0.2) is 5.17 Å². The monoisotopic (exact) mass is 345 g/mol. The van der Waals surface area contributed by atoms with E-state index < -0.39 is 0 Å². The highest BCUT2D eigenvalue weighted by molar-refractivity contribution is 8.13. The van der Waals surface area contributed by atoms with E-state index >= 15 is 0 Å². The average Bonchev–Trinajstić information content (AvgIpc) is 2.90. The van der Waals surface area contributed by atoms with Crippen LogP contribution in [0.3, 0.4) is 0 Å². The standard InChI is InChI=1S/C17H19N3OS2/c1-10-19-8-15(23-10)11-3-4-14-13(7-11)17(2)12(5-6-21-14)9-22-16(18)20-17/h3-4,7-8,12H,5-6,9H2,1-2H3,(H2,18,20)/t12-,17+/m0/s1. The second-order valence-electron chi connectivity index (χ2n) is 6.20. The van der Waals surface area contributed by atoms with Gasteiger partial charge in [-0.3, -0.25) is 4.99 Å². The maximum atomic E-state index is 6.05. The molecule has 0 aliphatic carbocycles. The van der Waals surface area contributed by atoms with Crippen LogP contribution in [0, 0.1) is 12.8 Å². The number of nitrogens with zero attached hydrogens (tertiary/aromatic N) is 2. The number of ether oxygens (including phenoxy) is 1. The summed E-state index contributed by atoms with van der Waals surface area (Å²) in [4.78, 5) is 10.4. The molecule has 3 heterocycles. The van der Waals surface area contributed by atoms with Crippen LogP contribution in [0.15, 0.2) is 29.4 Å². The SMILES string of the molecule is Cc1ncc(-c2ccc3c(c2)[C@]2(C)N=C(N)SC[C@@H]2CCO3)s1. The van der Waals surface area contributed by atoms with Crippen LogP contribution in [0.2, 0.25) is 0 Å². The number of aliphatic imine (C=N–C) groups is 1. The Morgan fingerprint density at radius 1 is 1.39 bits per heavy atom. The van der Waals surface area contributed by atoms with Crippen molar-refractivity contribution in [2.45, 2.75) is 25.8 Å². The number of hydrogen-bond acceptors (Lipinski definition) is 6. The number of amidine groups is 1. The molecule has 0 saturated carbocycles. The molecule has 0 amide bonds. The van der Waals surface area contributed by atoms with Gasteiger partial charge in [-0.25, -0.2) is 4.98 Å². The first-order chi connectivity index (χ1) is 11.1. The van der Waals surface area contributed by atoms with Crippen LogP contribution in [0.4, 0.5) is 0 Å². The van der Waals surface area contributed by atoms with E-state index in [4.69, 9.17) is 15.5 Å². The Morgan fingerprint density at radius 2 is 2.26 bits per heavy atom. The van der Waals surface area contributed by atoms with Gasteiger partial charge in [-0.05, 0) is 44.0 Å². The van der Waals surface area contributed by atoms with E-state index in [-0.39, 0.29) is 5.54 Å². The van der Waals surface area contributed by atoms with Crippen molar-refractivity contribution in [2.75, 3.05) is 12.4 Å². The lowest BCUT2D eigenvalue weighted by Crippen LogP contribution is -2.37. The molecule has 1 aromatic heterocycles. The molecule has 0 saturated heterocycles. The van der Waals surface area contributed by atoms with E-state index in [1.807, 2.05) is 13.1 Å². The second-order valence-corrected chi connectivity index (χ2v) is 8.47. The molecule has 2 aliphatic rings. The minimum Gasteiger partial charge on any atom is -0.493 e. The highest BCUT2D eigenvalue weighted by Crippen LogP contribution is 2.47. The minimum absolute atomic E-state index is 0.309. The van der Waals surface area contributed by atoms with Crippen molar-refractivity contribution in [3.8, 4) is 16.2 Å². The summed E-state index contributed by atoms with van der Waals surface area (Å²) < 4.78 is 6.01. The molecule has 120 valence electrons. The van der Waals surface area contributed by atoms with Crippen LogP contribution >= 0.6 is 23.1 Å². The number of aromatic nitrogens is 1. The number of thioether (sulfide) groups is 1. The molecule has 0 radical (unpaired) electrons. The summed E-state index contributed by atoms with van der Waals surface area (Å²) in [5.41, 5.74) is 8.06. The smallest absolute Gasteiger partial charge is 0.154 e. The lowest BCUT2D eigenvalue weighted by Gasteiger charge is -2.36. The Hall–Kier alpha value is -1.53. The van der Waals surface area contributed by atoms with Gasteiger partial charge in [0, 0.05) is 23.4 Å². The Balaban J connectivity index is 1.88. The van der Waals surface area contributed by atoms with E-state index in [0.29, 0.717) is 11.1 Å². The highest BCUT2D eigenvalue weighted by Gasteiger charge is 2.42. The van der Waals surface area contributed by atoms with Crippen molar-refractivity contribution in [2.24, 2.45) is 16.6 Å². The Kier molecular flexibility index (Phi) is 3.61. The van der Waals surface area contributed by atoms with Crippen molar-refractivity contribution in [1.82, 2.24) is 4.98 Å². The second kappa shape index (κ2) is 5.53. The zero-order valence-electron chi connectivity index (χ0n) is 13.2. The first-order valence-electron chi connectivity index (χ1n) is 7.74. The van der Waals surface area contributed by atoms with Crippen LogP contribution in [-0.2, 0) is 5.54 Å². The first-order valence-corrected chi connectivity index (χ1v) is 9.55. The first kappa shape index (κ1) is 15.0. The lowest BCUT2D eigenvalue weighted by molar-refractivity contribution is 0.271. The zero-order valence-corrected chi connectivity index (χ0v) is 14.8. The van der Waals surface area contributed by atoms with E-state index in [2.05, 4.69) is 30.1 Å². The maximum absolute atomic E-state index is 6.05. The molecule has 4 rings (SSSR count). The van der Waals surface area contributed by atoms with Gasteiger partial charge >= 0.3 is 0 Å². The van der Waals surface area contributed by atoms with Gasteiger partial charge in [0.1, 0.15) is 5.75 Å². The fraction of sp³-hybridized carbons (Fsp3) is 0.412. The van der Waals surface area contributed by atoms with Crippen molar-refractivity contribution in [3.63, 3.8) is 0 Å². The van der Waals surface area contributed by atoms with Gasteiger partial charge in [0.2, 0.25) is 0 Å². The zero-order chi connectivity index (χ0) is 16.0. The quantitative estimate of drug-likeness (QED) is 0.854. The summed E-state index contributed by atoms with van der Waals surface area (Å²) in [5, 5.41) is 1.75. The van der Waals surface area contributed by atoms with Gasteiger partial charge in [0.25, 0.3) is 0 Å². The van der Waals surface area contributed by atoms with Crippen LogP contribution in [0.1, 0.15) is 23.9 Å². The Morgan fingerprint density at radius 3 is 3.04 bits per heavy atom. The number of nitrogens with two attached hydrogens (primary N) is 1. The molecule has 2 atom stereocenters. The summed E-state index contributed by atoms with van der Waals surface area (Å²) in [6, 6.07) is 6.40. The highest BCUT2D eigenvalue weighted by atomic mass is 32.2. The molecule has 2 aliphatic heterocycles. The number of rotatable bonds is 1. The summed E-state index contributed by atoms with van der Waals surface area (Å²) >= 11 is 3.36. The summed E-state index contributed by atoms with van der Waals surface area (Å²) in [6.45, 7) is 4.96. The fourth-order valence-corrected chi connectivity index (χ4v) is 5.25. The van der Waals surface area contributed by atoms with E-state index in [1.165, 1.54) is 10.4 Å². The molecule has 4 nitrogen and oxygen atoms in total. The summed E-state index contributed by atoms with van der Waals surface area (Å²) in [6.07, 6.45) is 2.94. The number of fused-ring (bicyclic) bond motifs is 3. The molecule has 0 unspecified atom stereocenters. The molecule has 0 spiro atoms. The van der Waals surface area contributed by atoms with E-state index in [1.54, 1.807) is 23.1 Å². The minimum atomic E-state index is -0.309. The summed E-state index contributed by atoms with van der Waals surface area (Å²) in [5.74, 6) is 2.38. The molecule has 2 N–H and O–H groups in total. The number of aryl methyl sites for hydroxylation is 1. The number of hydrogen-bond donors (Lipinski definition) is 1. The van der Waals surface area contributed by atoms with Gasteiger partial charge in [-0.1, -0.05) is 11.8 Å². The Labute approximate surface area is 144 Å². The Bertz CT molecular complexity index is 786. The van der Waals surface area contributed by atoms with Crippen molar-refractivity contribution in [3.05, 3.63) is 35.0 Å². The molecule has 0 fully saturated rings. The fourth-order valence-electron chi connectivity index (χ4n) is 3.36. The van der Waals surface area contributed by atoms with Gasteiger partial charge in [0.05, 0.1) is 22.0 Å². The largest absolute Gasteiger partial charge is 0.493 e. The normalized spacial score (nSPS) is 26.5. The third-order valence-electron chi connectivity index (χ3n) is 4.72. The van der Waals surface area contributed by atoms with Gasteiger partial charge in [-0.15, -0.1) is 11.3 Å². The van der Waals surface area contributed by atoms with Crippen molar-refractivity contribution >= 4 is 28.3 Å². The molecule has 6 heteroatoms. The summed E-state index contributed by atoms with van der Waals surface area (Å²) in [7, 11) is 0. The predicted octanol–water partition coefficient (Wildman–Crippen LogP) is 3.79. The predicted molar refractivity (Wildman–Crippen MR) is 97.3 cm³/mol. The van der Waals surface area contributed by atoms with Gasteiger partial charge in [-0.2, -0.15) is 0 Å². The van der Waals surface area contributed by atoms with Crippen LogP contribution in [0.5, 0.6) is 5.75 Å². The van der Waals surface area contributed by atoms with Crippen LogP contribution < -0.4 is 10.5 Å². The lowest BCUT2D eigenvalue weighted by atomic mass is 9.79. The number of benzene rings is 1.